The van der Waals surface area contributed by atoms with Crippen LogP contribution in [0.4, 0.5) is 4.39 Å². The van der Waals surface area contributed by atoms with E-state index in [-0.39, 0.29) is 11.1 Å². The lowest BCUT2D eigenvalue weighted by molar-refractivity contribution is 0.380. The number of rotatable bonds is 5. The van der Waals surface area contributed by atoms with Crippen LogP contribution >= 0.6 is 27.7 Å². The van der Waals surface area contributed by atoms with Gasteiger partial charge in [-0.05, 0) is 37.6 Å². The molecule has 0 fully saturated rings. The fourth-order valence-electron chi connectivity index (χ4n) is 2.64. The standard InChI is InChI=1S/C19H16BrFN6OS/c1-10-7-8-12(9-15(10)21)16-23-18(28-26-16)11(2)29-19-25-24-17(27(19)22)13-5-3-4-6-14(13)20/h3-9,11H,22H2,1-2H3. The van der Waals surface area contributed by atoms with Crippen LogP contribution in [0.15, 0.2) is 56.6 Å². The molecule has 148 valence electrons. The van der Waals surface area contributed by atoms with Crippen LogP contribution in [0.3, 0.4) is 0 Å². The average Bonchev–Trinajstić information content (AvgIpc) is 3.33. The topological polar surface area (TPSA) is 95.7 Å². The molecule has 0 amide bonds. The molecule has 2 heterocycles. The predicted octanol–water partition coefficient (Wildman–Crippen LogP) is 4.77. The minimum atomic E-state index is -0.313. The fourth-order valence-corrected chi connectivity index (χ4v) is 3.90. The van der Waals surface area contributed by atoms with Crippen LogP contribution in [-0.4, -0.2) is 25.0 Å². The van der Waals surface area contributed by atoms with Gasteiger partial charge in [0, 0.05) is 15.6 Å². The summed E-state index contributed by atoms with van der Waals surface area (Å²) in [6.07, 6.45) is 0. The first-order chi connectivity index (χ1) is 13.9. The molecule has 2 aromatic carbocycles. The number of nitrogen functional groups attached to an aromatic ring is 1. The maximum absolute atomic E-state index is 13.8. The predicted molar refractivity (Wildman–Crippen MR) is 112 cm³/mol. The zero-order valence-corrected chi connectivity index (χ0v) is 17.9. The third kappa shape index (κ3) is 3.90. The van der Waals surface area contributed by atoms with Gasteiger partial charge in [-0.25, -0.2) is 9.07 Å². The molecular weight excluding hydrogens is 459 g/mol. The zero-order chi connectivity index (χ0) is 20.5. The second-order valence-electron chi connectivity index (χ2n) is 6.34. The van der Waals surface area contributed by atoms with E-state index in [4.69, 9.17) is 10.4 Å². The van der Waals surface area contributed by atoms with E-state index in [0.29, 0.717) is 33.8 Å². The van der Waals surface area contributed by atoms with E-state index in [0.717, 1.165) is 10.0 Å². The Morgan fingerprint density at radius 3 is 2.76 bits per heavy atom. The summed E-state index contributed by atoms with van der Waals surface area (Å²) in [4.78, 5) is 4.39. The van der Waals surface area contributed by atoms with Crippen molar-refractivity contribution in [1.29, 1.82) is 0 Å². The van der Waals surface area contributed by atoms with E-state index in [1.807, 2.05) is 31.2 Å². The number of aryl methyl sites for hydroxylation is 1. The van der Waals surface area contributed by atoms with Crippen LogP contribution in [0.2, 0.25) is 0 Å². The van der Waals surface area contributed by atoms with E-state index in [9.17, 15) is 4.39 Å². The Labute approximate surface area is 178 Å². The number of benzene rings is 2. The van der Waals surface area contributed by atoms with E-state index in [2.05, 4.69) is 36.3 Å². The number of hydrogen-bond donors (Lipinski definition) is 1. The summed E-state index contributed by atoms with van der Waals surface area (Å²) in [7, 11) is 0. The molecule has 0 radical (unpaired) electrons. The molecular formula is C19H16BrFN6OS. The Hall–Kier alpha value is -2.72. The number of thioether (sulfide) groups is 1. The van der Waals surface area contributed by atoms with Crippen LogP contribution in [0, 0.1) is 12.7 Å². The van der Waals surface area contributed by atoms with Crippen molar-refractivity contribution in [2.45, 2.75) is 24.3 Å². The second-order valence-corrected chi connectivity index (χ2v) is 8.50. The number of aromatic nitrogens is 5. The Bertz CT molecular complexity index is 1180. The van der Waals surface area contributed by atoms with Crippen molar-refractivity contribution in [2.24, 2.45) is 0 Å². The van der Waals surface area contributed by atoms with Gasteiger partial charge in [-0.3, -0.25) is 0 Å². The van der Waals surface area contributed by atoms with Gasteiger partial charge in [0.05, 0.1) is 5.25 Å². The minimum Gasteiger partial charge on any atom is -0.338 e. The molecule has 0 aliphatic heterocycles. The van der Waals surface area contributed by atoms with Gasteiger partial charge in [0.2, 0.25) is 16.9 Å². The number of hydrogen-bond acceptors (Lipinski definition) is 7. The van der Waals surface area contributed by atoms with Gasteiger partial charge in [-0.1, -0.05) is 57.1 Å². The summed E-state index contributed by atoms with van der Waals surface area (Å²) in [5.41, 5.74) is 1.95. The third-order valence-corrected chi connectivity index (χ3v) is 6.02. The van der Waals surface area contributed by atoms with E-state index < -0.39 is 0 Å². The van der Waals surface area contributed by atoms with Crippen LogP contribution in [0.5, 0.6) is 0 Å². The maximum atomic E-state index is 13.8. The van der Waals surface area contributed by atoms with Crippen molar-refractivity contribution < 1.29 is 8.91 Å². The van der Waals surface area contributed by atoms with Crippen LogP contribution in [-0.2, 0) is 0 Å². The molecule has 4 rings (SSSR count). The largest absolute Gasteiger partial charge is 0.338 e. The zero-order valence-electron chi connectivity index (χ0n) is 15.5. The first-order valence-electron chi connectivity index (χ1n) is 8.66. The monoisotopic (exact) mass is 474 g/mol. The molecule has 0 aliphatic rings. The Morgan fingerprint density at radius 2 is 2.00 bits per heavy atom. The second kappa shape index (κ2) is 7.96. The molecule has 2 N–H and O–H groups in total. The van der Waals surface area contributed by atoms with Gasteiger partial charge in [0.1, 0.15) is 5.82 Å². The quantitative estimate of drug-likeness (QED) is 0.328. The van der Waals surface area contributed by atoms with Crippen molar-refractivity contribution >= 4 is 27.7 Å². The molecule has 0 saturated carbocycles. The highest BCUT2D eigenvalue weighted by Gasteiger charge is 2.21. The SMILES string of the molecule is Cc1ccc(-c2noc(C(C)Sc3nnc(-c4ccccc4Br)n3N)n2)cc1F. The van der Waals surface area contributed by atoms with Gasteiger partial charge < -0.3 is 10.4 Å². The van der Waals surface area contributed by atoms with Crippen molar-refractivity contribution in [1.82, 2.24) is 25.0 Å². The molecule has 7 nitrogen and oxygen atoms in total. The van der Waals surface area contributed by atoms with Crippen molar-refractivity contribution in [3.63, 3.8) is 0 Å². The van der Waals surface area contributed by atoms with Crippen LogP contribution in [0.1, 0.15) is 23.6 Å². The molecule has 29 heavy (non-hydrogen) atoms. The molecule has 0 spiro atoms. The summed E-state index contributed by atoms with van der Waals surface area (Å²) < 4.78 is 21.5. The van der Waals surface area contributed by atoms with Crippen LogP contribution < -0.4 is 5.84 Å². The summed E-state index contributed by atoms with van der Waals surface area (Å²) in [5, 5.41) is 12.6. The molecule has 0 aliphatic carbocycles. The van der Waals surface area contributed by atoms with E-state index in [1.54, 1.807) is 19.1 Å². The third-order valence-electron chi connectivity index (χ3n) is 4.28. The first-order valence-corrected chi connectivity index (χ1v) is 10.3. The smallest absolute Gasteiger partial charge is 0.240 e. The Morgan fingerprint density at radius 1 is 1.21 bits per heavy atom. The molecule has 0 saturated heterocycles. The highest BCUT2D eigenvalue weighted by molar-refractivity contribution is 9.10. The lowest BCUT2D eigenvalue weighted by Crippen LogP contribution is -2.12. The number of halogens is 2. The van der Waals surface area contributed by atoms with Crippen molar-refractivity contribution in [2.75, 3.05) is 5.84 Å². The van der Waals surface area contributed by atoms with Crippen molar-refractivity contribution in [3.05, 3.63) is 64.2 Å². The Kier molecular flexibility index (Phi) is 5.37. The molecule has 10 heteroatoms. The molecule has 1 atom stereocenters. The van der Waals surface area contributed by atoms with Crippen molar-refractivity contribution in [3.8, 4) is 22.8 Å². The minimum absolute atomic E-state index is 0.231. The van der Waals surface area contributed by atoms with Crippen LogP contribution in [0.25, 0.3) is 22.8 Å². The highest BCUT2D eigenvalue weighted by atomic mass is 79.9. The summed E-state index contributed by atoms with van der Waals surface area (Å²) in [5.74, 6) is 7.14. The fraction of sp³-hybridized carbons (Fsp3) is 0.158. The highest BCUT2D eigenvalue weighted by Crippen LogP contribution is 2.35. The van der Waals surface area contributed by atoms with Gasteiger partial charge in [-0.2, -0.15) is 4.98 Å². The van der Waals surface area contributed by atoms with Gasteiger partial charge in [0.15, 0.2) is 5.82 Å². The maximum Gasteiger partial charge on any atom is 0.240 e. The molecule has 4 aromatic rings. The molecule has 2 aromatic heterocycles. The molecule has 1 unspecified atom stereocenters. The van der Waals surface area contributed by atoms with Gasteiger partial charge in [0.25, 0.3) is 0 Å². The van der Waals surface area contributed by atoms with E-state index in [1.165, 1.54) is 22.5 Å². The van der Waals surface area contributed by atoms with Gasteiger partial charge in [-0.15, -0.1) is 10.2 Å². The average molecular weight is 475 g/mol. The normalized spacial score (nSPS) is 12.3. The number of nitrogens with zero attached hydrogens (tertiary/aromatic N) is 5. The summed E-state index contributed by atoms with van der Waals surface area (Å²) in [6.45, 7) is 3.59. The van der Waals surface area contributed by atoms with Gasteiger partial charge >= 0.3 is 0 Å². The summed E-state index contributed by atoms with van der Waals surface area (Å²) in [6, 6.07) is 12.5. The molecule has 0 bridgehead atoms. The lowest BCUT2D eigenvalue weighted by atomic mass is 10.1. The first kappa shape index (κ1) is 19.6. The number of nitrogens with two attached hydrogens (primary N) is 1. The summed E-state index contributed by atoms with van der Waals surface area (Å²) >= 11 is 4.83. The lowest BCUT2D eigenvalue weighted by Gasteiger charge is -2.07. The van der Waals surface area contributed by atoms with E-state index >= 15 is 0 Å². The Balaban J connectivity index is 1.55.